The molecular weight excluding hydrogens is 374 g/mol. The molecule has 0 saturated carbocycles. The first-order valence-electron chi connectivity index (χ1n) is 9.31. The zero-order valence-corrected chi connectivity index (χ0v) is 16.1. The minimum atomic E-state index is -0.546. The van der Waals surface area contributed by atoms with Crippen LogP contribution in [0.15, 0.2) is 47.0 Å². The largest absolute Gasteiger partial charge is 0.512 e. The molecular formula is C20H23N5O4. The topological polar surface area (TPSA) is 132 Å². The molecule has 152 valence electrons. The summed E-state index contributed by atoms with van der Waals surface area (Å²) in [5.74, 6) is -0.210. The van der Waals surface area contributed by atoms with Crippen LogP contribution in [0.4, 0.5) is 0 Å². The predicted molar refractivity (Wildman–Crippen MR) is 105 cm³/mol. The van der Waals surface area contributed by atoms with Crippen molar-refractivity contribution in [3.63, 3.8) is 0 Å². The Labute approximate surface area is 167 Å². The van der Waals surface area contributed by atoms with Crippen LogP contribution in [-0.2, 0) is 16.1 Å². The van der Waals surface area contributed by atoms with Crippen molar-refractivity contribution in [2.75, 3.05) is 6.54 Å². The van der Waals surface area contributed by atoms with Gasteiger partial charge in [0.1, 0.15) is 11.8 Å². The van der Waals surface area contributed by atoms with Crippen LogP contribution < -0.4 is 5.32 Å². The number of carbonyl (C=O) groups excluding carboxylic acids is 2. The normalized spacial score (nSPS) is 16.7. The van der Waals surface area contributed by atoms with E-state index in [-0.39, 0.29) is 29.7 Å². The van der Waals surface area contributed by atoms with E-state index in [1.807, 2.05) is 24.3 Å². The number of aliphatic hydroxyl groups excluding tert-OH is 1. The lowest BCUT2D eigenvalue weighted by molar-refractivity contribution is -0.138. The Kier molecular flexibility index (Phi) is 6.38. The highest BCUT2D eigenvalue weighted by atomic mass is 16.5. The molecule has 0 unspecified atom stereocenters. The van der Waals surface area contributed by atoms with Crippen LogP contribution in [0.1, 0.15) is 31.7 Å². The fourth-order valence-electron chi connectivity index (χ4n) is 3.27. The SMILES string of the molecule is CC(=N)/C=C(\O)CC(=O)N1CCC[C@H]1C(=O)NCc1ccc(-c2ncon2)cc1. The van der Waals surface area contributed by atoms with Crippen LogP contribution in [-0.4, -0.2) is 50.3 Å². The molecule has 1 aliphatic heterocycles. The van der Waals surface area contributed by atoms with E-state index in [1.165, 1.54) is 24.3 Å². The highest BCUT2D eigenvalue weighted by Crippen LogP contribution is 2.20. The van der Waals surface area contributed by atoms with Gasteiger partial charge in [0.05, 0.1) is 6.42 Å². The summed E-state index contributed by atoms with van der Waals surface area (Å²) < 4.78 is 4.73. The summed E-state index contributed by atoms with van der Waals surface area (Å²) in [6.45, 7) is 2.33. The van der Waals surface area contributed by atoms with Crippen molar-refractivity contribution in [3.05, 3.63) is 48.1 Å². The molecule has 2 amide bonds. The molecule has 0 radical (unpaired) electrons. The Balaban J connectivity index is 1.55. The second-order valence-corrected chi connectivity index (χ2v) is 6.91. The summed E-state index contributed by atoms with van der Waals surface area (Å²) in [6, 6.07) is 6.88. The number of hydrogen-bond donors (Lipinski definition) is 3. The standard InChI is InChI=1S/C20H23N5O4/c1-13(21)9-16(26)10-18(27)25-8-2-3-17(25)20(28)22-11-14-4-6-15(7-5-14)19-23-12-29-24-19/h4-7,9,12,17,21,26H,2-3,8,10-11H2,1H3,(H,22,28)/b16-9-,21-13?/t17-/m0/s1. The van der Waals surface area contributed by atoms with Crippen LogP contribution in [0.25, 0.3) is 11.4 Å². The van der Waals surface area contributed by atoms with E-state index in [1.54, 1.807) is 0 Å². The van der Waals surface area contributed by atoms with Gasteiger partial charge in [-0.05, 0) is 31.4 Å². The van der Waals surface area contributed by atoms with E-state index in [4.69, 9.17) is 9.93 Å². The first kappa shape index (κ1) is 20.2. The van der Waals surface area contributed by atoms with E-state index in [9.17, 15) is 14.7 Å². The van der Waals surface area contributed by atoms with E-state index in [2.05, 4.69) is 15.5 Å². The van der Waals surface area contributed by atoms with Gasteiger partial charge < -0.3 is 25.3 Å². The molecule has 29 heavy (non-hydrogen) atoms. The molecule has 1 fully saturated rings. The van der Waals surface area contributed by atoms with Gasteiger partial charge in [0, 0.05) is 24.4 Å². The van der Waals surface area contributed by atoms with E-state index in [0.717, 1.165) is 17.5 Å². The van der Waals surface area contributed by atoms with Crippen molar-refractivity contribution in [1.82, 2.24) is 20.4 Å². The molecule has 1 aliphatic rings. The van der Waals surface area contributed by atoms with Crippen molar-refractivity contribution >= 4 is 17.5 Å². The molecule has 2 heterocycles. The van der Waals surface area contributed by atoms with Gasteiger partial charge >= 0.3 is 0 Å². The lowest BCUT2D eigenvalue weighted by atomic mass is 10.1. The third-order valence-corrected chi connectivity index (χ3v) is 4.63. The summed E-state index contributed by atoms with van der Waals surface area (Å²) in [5, 5.41) is 23.8. The molecule has 1 aromatic carbocycles. The maximum Gasteiger partial charge on any atom is 0.243 e. The number of nitrogens with one attached hydrogen (secondary N) is 2. The Morgan fingerprint density at radius 3 is 2.79 bits per heavy atom. The number of allylic oxidation sites excluding steroid dienone is 1. The van der Waals surface area contributed by atoms with Crippen molar-refractivity contribution in [3.8, 4) is 11.4 Å². The van der Waals surface area contributed by atoms with Crippen LogP contribution in [0.3, 0.4) is 0 Å². The van der Waals surface area contributed by atoms with Gasteiger partial charge in [-0.1, -0.05) is 29.4 Å². The first-order chi connectivity index (χ1) is 13.9. The molecule has 0 spiro atoms. The Bertz CT molecular complexity index is 905. The molecule has 3 rings (SSSR count). The summed E-state index contributed by atoms with van der Waals surface area (Å²) in [5.41, 5.74) is 1.88. The van der Waals surface area contributed by atoms with Crippen LogP contribution in [0, 0.1) is 5.41 Å². The van der Waals surface area contributed by atoms with Crippen molar-refractivity contribution < 1.29 is 19.2 Å². The highest BCUT2D eigenvalue weighted by molar-refractivity contribution is 5.92. The van der Waals surface area contributed by atoms with Gasteiger partial charge in [0.25, 0.3) is 0 Å². The quantitative estimate of drug-likeness (QED) is 0.485. The Morgan fingerprint density at radius 1 is 1.38 bits per heavy atom. The average Bonchev–Trinajstić information content (AvgIpc) is 3.37. The van der Waals surface area contributed by atoms with E-state index in [0.29, 0.717) is 25.3 Å². The van der Waals surface area contributed by atoms with Crippen LogP contribution >= 0.6 is 0 Å². The van der Waals surface area contributed by atoms with Gasteiger partial charge in [0.15, 0.2) is 0 Å². The minimum absolute atomic E-state index is 0.163. The predicted octanol–water partition coefficient (Wildman–Crippen LogP) is 2.22. The van der Waals surface area contributed by atoms with Crippen LogP contribution in [0.5, 0.6) is 0 Å². The van der Waals surface area contributed by atoms with Gasteiger partial charge in [-0.2, -0.15) is 4.98 Å². The zero-order chi connectivity index (χ0) is 20.8. The van der Waals surface area contributed by atoms with E-state index >= 15 is 0 Å². The third kappa shape index (κ3) is 5.28. The second-order valence-electron chi connectivity index (χ2n) is 6.91. The van der Waals surface area contributed by atoms with Crippen molar-refractivity contribution in [1.29, 1.82) is 5.41 Å². The number of carbonyl (C=O) groups is 2. The number of benzene rings is 1. The first-order valence-corrected chi connectivity index (χ1v) is 9.31. The van der Waals surface area contributed by atoms with Crippen molar-refractivity contribution in [2.24, 2.45) is 0 Å². The van der Waals surface area contributed by atoms with Crippen molar-refractivity contribution in [2.45, 2.75) is 38.8 Å². The Morgan fingerprint density at radius 2 is 2.14 bits per heavy atom. The zero-order valence-electron chi connectivity index (χ0n) is 16.1. The number of hydrogen-bond acceptors (Lipinski definition) is 7. The smallest absolute Gasteiger partial charge is 0.243 e. The number of aliphatic hydroxyl groups is 1. The summed E-state index contributed by atoms with van der Waals surface area (Å²) >= 11 is 0. The molecule has 1 aromatic heterocycles. The molecule has 3 N–H and O–H groups in total. The number of rotatable bonds is 7. The number of aromatic nitrogens is 2. The second kappa shape index (κ2) is 9.13. The summed E-state index contributed by atoms with van der Waals surface area (Å²) in [6.07, 6.45) is 3.61. The number of amides is 2. The molecule has 9 heteroatoms. The molecule has 1 saturated heterocycles. The highest BCUT2D eigenvalue weighted by Gasteiger charge is 2.34. The monoisotopic (exact) mass is 397 g/mol. The van der Waals surface area contributed by atoms with E-state index < -0.39 is 6.04 Å². The lowest BCUT2D eigenvalue weighted by Crippen LogP contribution is -2.45. The maximum absolute atomic E-state index is 12.6. The lowest BCUT2D eigenvalue weighted by Gasteiger charge is -2.24. The number of likely N-dealkylation sites (tertiary alicyclic amines) is 1. The fourth-order valence-corrected chi connectivity index (χ4v) is 3.27. The molecule has 0 aliphatic carbocycles. The average molecular weight is 397 g/mol. The van der Waals surface area contributed by atoms with Crippen LogP contribution in [0.2, 0.25) is 0 Å². The number of nitrogens with zero attached hydrogens (tertiary/aromatic N) is 3. The molecule has 1 atom stereocenters. The molecule has 9 nitrogen and oxygen atoms in total. The maximum atomic E-state index is 12.6. The third-order valence-electron chi connectivity index (χ3n) is 4.63. The van der Waals surface area contributed by atoms with Gasteiger partial charge in [-0.15, -0.1) is 0 Å². The molecule has 0 bridgehead atoms. The summed E-state index contributed by atoms with van der Waals surface area (Å²) in [7, 11) is 0. The van der Waals surface area contributed by atoms with Gasteiger partial charge in [0.2, 0.25) is 24.0 Å². The minimum Gasteiger partial charge on any atom is -0.512 e. The Hall–Kier alpha value is -3.49. The molecule has 2 aromatic rings. The fraction of sp³-hybridized carbons (Fsp3) is 0.350. The van der Waals surface area contributed by atoms with Gasteiger partial charge in [-0.25, -0.2) is 0 Å². The van der Waals surface area contributed by atoms with Gasteiger partial charge in [-0.3, -0.25) is 9.59 Å². The summed E-state index contributed by atoms with van der Waals surface area (Å²) in [4.78, 5) is 30.5.